The zero-order valence-electron chi connectivity index (χ0n) is 13.9. The molecule has 0 saturated carbocycles. The highest BCUT2D eigenvalue weighted by atomic mass is 32.2. The average molecular weight is 324 g/mol. The van der Waals surface area contributed by atoms with Crippen LogP contribution in [0.25, 0.3) is 0 Å². The molecule has 1 N–H and O–H groups in total. The molecule has 1 heterocycles. The van der Waals surface area contributed by atoms with Crippen molar-refractivity contribution >= 4 is 9.84 Å². The molecule has 0 bridgehead atoms. The van der Waals surface area contributed by atoms with Crippen LogP contribution in [-0.4, -0.2) is 44.7 Å². The van der Waals surface area contributed by atoms with E-state index in [-0.39, 0.29) is 5.25 Å². The second kappa shape index (κ2) is 7.57. The summed E-state index contributed by atoms with van der Waals surface area (Å²) in [6.45, 7) is 9.94. The third kappa shape index (κ3) is 3.70. The van der Waals surface area contributed by atoms with Crippen LogP contribution in [0.4, 0.5) is 0 Å². The monoisotopic (exact) mass is 324 g/mol. The summed E-state index contributed by atoms with van der Waals surface area (Å²) >= 11 is 0. The van der Waals surface area contributed by atoms with Gasteiger partial charge in [0.2, 0.25) is 0 Å². The first kappa shape index (κ1) is 17.4. The van der Waals surface area contributed by atoms with Gasteiger partial charge in [-0.15, -0.1) is 0 Å². The van der Waals surface area contributed by atoms with E-state index in [0.29, 0.717) is 17.5 Å². The third-order valence-corrected chi connectivity index (χ3v) is 6.95. The predicted molar refractivity (Wildman–Crippen MR) is 90.9 cm³/mol. The lowest BCUT2D eigenvalue weighted by atomic mass is 10.1. The van der Waals surface area contributed by atoms with Crippen molar-refractivity contribution in [3.8, 4) is 0 Å². The van der Waals surface area contributed by atoms with Gasteiger partial charge in [-0.05, 0) is 57.1 Å². The first-order valence-corrected chi connectivity index (χ1v) is 9.84. The van der Waals surface area contributed by atoms with E-state index >= 15 is 0 Å². The van der Waals surface area contributed by atoms with Gasteiger partial charge in [-0.3, -0.25) is 4.90 Å². The molecule has 1 aromatic rings. The Labute approximate surface area is 134 Å². The van der Waals surface area contributed by atoms with Gasteiger partial charge in [-0.1, -0.05) is 26.0 Å². The summed E-state index contributed by atoms with van der Waals surface area (Å²) in [5.41, 5.74) is 1.17. The standard InChI is InChI=1S/C17H28N2O2S/c1-4-19(5-2)14(3)15-8-10-16(11-9-15)22(20,21)17-7-6-12-18-13-17/h8-11,14,17-18H,4-7,12-13H2,1-3H3. The number of hydrogen-bond donors (Lipinski definition) is 1. The largest absolute Gasteiger partial charge is 0.315 e. The molecular weight excluding hydrogens is 296 g/mol. The fourth-order valence-electron chi connectivity index (χ4n) is 3.20. The Hall–Kier alpha value is -0.910. The molecule has 1 fully saturated rings. The summed E-state index contributed by atoms with van der Waals surface area (Å²) in [4.78, 5) is 2.81. The molecule has 5 heteroatoms. The van der Waals surface area contributed by atoms with Gasteiger partial charge in [-0.25, -0.2) is 8.42 Å². The van der Waals surface area contributed by atoms with Crippen molar-refractivity contribution < 1.29 is 8.42 Å². The van der Waals surface area contributed by atoms with Crippen LogP contribution in [0.3, 0.4) is 0 Å². The number of piperidine rings is 1. The molecule has 0 aromatic heterocycles. The van der Waals surface area contributed by atoms with Gasteiger partial charge in [0.05, 0.1) is 10.1 Å². The third-order valence-electron chi connectivity index (χ3n) is 4.74. The molecule has 1 saturated heterocycles. The van der Waals surface area contributed by atoms with Gasteiger partial charge in [0.1, 0.15) is 0 Å². The molecule has 0 amide bonds. The minimum atomic E-state index is -3.21. The van der Waals surface area contributed by atoms with Crippen LogP contribution in [0.1, 0.15) is 45.2 Å². The summed E-state index contributed by atoms with van der Waals surface area (Å²) in [5, 5.41) is 2.90. The smallest absolute Gasteiger partial charge is 0.182 e. The Morgan fingerprint density at radius 3 is 2.36 bits per heavy atom. The van der Waals surface area contributed by atoms with Crippen LogP contribution in [0, 0.1) is 0 Å². The highest BCUT2D eigenvalue weighted by Gasteiger charge is 2.28. The number of benzene rings is 1. The minimum absolute atomic E-state index is 0.285. The molecule has 1 aliphatic rings. The normalized spacial score (nSPS) is 21.0. The molecule has 1 aromatic carbocycles. The van der Waals surface area contributed by atoms with Crippen LogP contribution in [0.15, 0.2) is 29.2 Å². The van der Waals surface area contributed by atoms with Crippen molar-refractivity contribution in [2.45, 2.75) is 49.8 Å². The molecule has 0 aliphatic carbocycles. The van der Waals surface area contributed by atoms with E-state index in [1.807, 2.05) is 12.1 Å². The van der Waals surface area contributed by atoms with Crippen molar-refractivity contribution in [2.24, 2.45) is 0 Å². The zero-order valence-corrected chi connectivity index (χ0v) is 14.7. The van der Waals surface area contributed by atoms with Gasteiger partial charge in [0, 0.05) is 12.6 Å². The van der Waals surface area contributed by atoms with Gasteiger partial charge in [-0.2, -0.15) is 0 Å². The van der Waals surface area contributed by atoms with Gasteiger partial charge in [0.25, 0.3) is 0 Å². The molecule has 2 rings (SSSR count). The summed E-state index contributed by atoms with van der Waals surface area (Å²) in [7, 11) is -3.21. The van der Waals surface area contributed by atoms with E-state index < -0.39 is 9.84 Å². The lowest BCUT2D eigenvalue weighted by molar-refractivity contribution is 0.234. The second-order valence-electron chi connectivity index (χ2n) is 5.98. The summed E-state index contributed by atoms with van der Waals surface area (Å²) in [5.74, 6) is 0. The number of rotatable bonds is 6. The van der Waals surface area contributed by atoms with Gasteiger partial charge < -0.3 is 5.32 Å². The average Bonchev–Trinajstić information content (AvgIpc) is 2.57. The van der Waals surface area contributed by atoms with E-state index in [0.717, 1.165) is 32.5 Å². The van der Waals surface area contributed by atoms with Gasteiger partial charge >= 0.3 is 0 Å². The topological polar surface area (TPSA) is 49.4 Å². The van der Waals surface area contributed by atoms with E-state index in [1.54, 1.807) is 12.1 Å². The Balaban J connectivity index is 2.17. The molecular formula is C17H28N2O2S. The number of nitrogens with one attached hydrogen (secondary N) is 1. The molecule has 0 radical (unpaired) electrons. The molecule has 124 valence electrons. The number of sulfone groups is 1. The number of nitrogens with zero attached hydrogens (tertiary/aromatic N) is 1. The molecule has 0 spiro atoms. The van der Waals surface area contributed by atoms with E-state index in [1.165, 1.54) is 5.56 Å². The lowest BCUT2D eigenvalue weighted by Crippen LogP contribution is -2.38. The Morgan fingerprint density at radius 2 is 1.86 bits per heavy atom. The van der Waals surface area contributed by atoms with Crippen LogP contribution in [-0.2, 0) is 9.84 Å². The summed E-state index contributed by atoms with van der Waals surface area (Å²) in [6.07, 6.45) is 1.69. The first-order valence-electron chi connectivity index (χ1n) is 8.29. The molecule has 22 heavy (non-hydrogen) atoms. The summed E-state index contributed by atoms with van der Waals surface area (Å²) < 4.78 is 25.3. The Kier molecular flexibility index (Phi) is 6.01. The highest BCUT2D eigenvalue weighted by molar-refractivity contribution is 7.92. The van der Waals surface area contributed by atoms with Crippen molar-refractivity contribution in [3.63, 3.8) is 0 Å². The minimum Gasteiger partial charge on any atom is -0.315 e. The molecule has 2 unspecified atom stereocenters. The SMILES string of the molecule is CCN(CC)C(C)c1ccc(S(=O)(=O)C2CCCNC2)cc1. The van der Waals surface area contributed by atoms with Crippen molar-refractivity contribution in [2.75, 3.05) is 26.2 Å². The highest BCUT2D eigenvalue weighted by Crippen LogP contribution is 2.25. The zero-order chi connectivity index (χ0) is 16.2. The number of hydrogen-bond acceptors (Lipinski definition) is 4. The second-order valence-corrected chi connectivity index (χ2v) is 8.21. The lowest BCUT2D eigenvalue weighted by Gasteiger charge is -2.27. The fourth-order valence-corrected chi connectivity index (χ4v) is 4.91. The van der Waals surface area contributed by atoms with E-state index in [2.05, 4.69) is 31.0 Å². The Bertz CT molecular complexity index is 559. The Morgan fingerprint density at radius 1 is 1.23 bits per heavy atom. The van der Waals surface area contributed by atoms with Crippen LogP contribution in [0.2, 0.25) is 0 Å². The maximum absolute atomic E-state index is 12.7. The van der Waals surface area contributed by atoms with Crippen LogP contribution < -0.4 is 5.32 Å². The summed E-state index contributed by atoms with van der Waals surface area (Å²) in [6, 6.07) is 7.79. The van der Waals surface area contributed by atoms with Gasteiger partial charge in [0.15, 0.2) is 9.84 Å². The quantitative estimate of drug-likeness (QED) is 0.874. The predicted octanol–water partition coefficient (Wildman–Crippen LogP) is 2.62. The first-order chi connectivity index (χ1) is 10.5. The van der Waals surface area contributed by atoms with Crippen molar-refractivity contribution in [1.82, 2.24) is 10.2 Å². The molecule has 2 atom stereocenters. The van der Waals surface area contributed by atoms with Crippen LogP contribution in [0.5, 0.6) is 0 Å². The van der Waals surface area contributed by atoms with Crippen molar-refractivity contribution in [3.05, 3.63) is 29.8 Å². The molecule has 4 nitrogen and oxygen atoms in total. The fraction of sp³-hybridized carbons (Fsp3) is 0.647. The van der Waals surface area contributed by atoms with E-state index in [9.17, 15) is 8.42 Å². The maximum Gasteiger partial charge on any atom is 0.182 e. The molecule has 1 aliphatic heterocycles. The van der Waals surface area contributed by atoms with Crippen molar-refractivity contribution in [1.29, 1.82) is 0 Å². The van der Waals surface area contributed by atoms with Crippen LogP contribution >= 0.6 is 0 Å². The maximum atomic E-state index is 12.7. The van der Waals surface area contributed by atoms with E-state index in [4.69, 9.17) is 0 Å².